The number of hydrogen-bond donors (Lipinski definition) is 1. The molecule has 0 heterocycles. The first kappa shape index (κ1) is 22.6. The molecule has 3 aromatic rings. The zero-order valence-corrected chi connectivity index (χ0v) is 18.0. The SMILES string of the molecule is COc1ccc(OC)c(NC(=O)COC(=O)c2ccccc2C(=O)c2ccc(C)cc2)c1. The van der Waals surface area contributed by atoms with E-state index in [0.717, 1.165) is 5.56 Å². The highest BCUT2D eigenvalue weighted by molar-refractivity contribution is 6.14. The fourth-order valence-corrected chi connectivity index (χ4v) is 3.03. The Bertz CT molecular complexity index is 1140. The molecule has 164 valence electrons. The maximum Gasteiger partial charge on any atom is 0.339 e. The Balaban J connectivity index is 1.70. The van der Waals surface area contributed by atoms with Crippen LogP contribution in [0.3, 0.4) is 0 Å². The number of amides is 1. The van der Waals surface area contributed by atoms with Crippen LogP contribution in [0.15, 0.2) is 66.7 Å². The van der Waals surface area contributed by atoms with E-state index in [-0.39, 0.29) is 16.9 Å². The molecular weight excluding hydrogens is 410 g/mol. The zero-order chi connectivity index (χ0) is 23.1. The highest BCUT2D eigenvalue weighted by Crippen LogP contribution is 2.28. The van der Waals surface area contributed by atoms with Gasteiger partial charge < -0.3 is 19.5 Å². The monoisotopic (exact) mass is 433 g/mol. The van der Waals surface area contributed by atoms with Crippen LogP contribution in [0.2, 0.25) is 0 Å². The van der Waals surface area contributed by atoms with Crippen molar-refractivity contribution in [2.45, 2.75) is 6.92 Å². The average Bonchev–Trinajstić information content (AvgIpc) is 2.82. The van der Waals surface area contributed by atoms with E-state index in [4.69, 9.17) is 14.2 Å². The van der Waals surface area contributed by atoms with Crippen molar-refractivity contribution >= 4 is 23.3 Å². The molecule has 0 aromatic heterocycles. The van der Waals surface area contributed by atoms with Crippen molar-refractivity contribution in [2.75, 3.05) is 26.1 Å². The van der Waals surface area contributed by atoms with Crippen molar-refractivity contribution in [1.29, 1.82) is 0 Å². The average molecular weight is 433 g/mol. The molecule has 0 unspecified atom stereocenters. The van der Waals surface area contributed by atoms with Gasteiger partial charge in [0.05, 0.1) is 25.5 Å². The first-order valence-electron chi connectivity index (χ1n) is 9.82. The summed E-state index contributed by atoms with van der Waals surface area (Å²) in [6.45, 7) is 1.39. The van der Waals surface area contributed by atoms with Gasteiger partial charge in [0.2, 0.25) is 0 Å². The Morgan fingerprint density at radius 2 is 1.53 bits per heavy atom. The van der Waals surface area contributed by atoms with Crippen LogP contribution in [-0.4, -0.2) is 38.5 Å². The molecule has 3 rings (SSSR count). The minimum absolute atomic E-state index is 0.0878. The number of carbonyl (C=O) groups excluding carboxylic acids is 3. The lowest BCUT2D eigenvalue weighted by Gasteiger charge is -2.12. The van der Waals surface area contributed by atoms with Gasteiger partial charge >= 0.3 is 5.97 Å². The number of rotatable bonds is 8. The van der Waals surface area contributed by atoms with Gasteiger partial charge in [0, 0.05) is 17.2 Å². The molecule has 0 saturated heterocycles. The summed E-state index contributed by atoms with van der Waals surface area (Å²) in [6, 6.07) is 18.3. The van der Waals surface area contributed by atoms with Gasteiger partial charge in [0.15, 0.2) is 12.4 Å². The van der Waals surface area contributed by atoms with Gasteiger partial charge in [-0.15, -0.1) is 0 Å². The Morgan fingerprint density at radius 3 is 2.19 bits per heavy atom. The van der Waals surface area contributed by atoms with Crippen molar-refractivity contribution in [1.82, 2.24) is 0 Å². The third-order valence-corrected chi connectivity index (χ3v) is 4.72. The van der Waals surface area contributed by atoms with E-state index in [9.17, 15) is 14.4 Å². The number of hydrogen-bond acceptors (Lipinski definition) is 6. The van der Waals surface area contributed by atoms with Crippen molar-refractivity contribution in [3.05, 3.63) is 89.0 Å². The van der Waals surface area contributed by atoms with Crippen LogP contribution in [0.25, 0.3) is 0 Å². The van der Waals surface area contributed by atoms with E-state index in [1.807, 2.05) is 19.1 Å². The smallest absolute Gasteiger partial charge is 0.339 e. The predicted molar refractivity (Wildman–Crippen MR) is 120 cm³/mol. The lowest BCUT2D eigenvalue weighted by atomic mass is 9.98. The molecule has 0 aliphatic rings. The molecule has 0 fully saturated rings. The minimum Gasteiger partial charge on any atom is -0.497 e. The maximum atomic E-state index is 12.9. The molecule has 1 amide bonds. The number of carbonyl (C=O) groups is 3. The van der Waals surface area contributed by atoms with Gasteiger partial charge in [0.25, 0.3) is 5.91 Å². The normalized spacial score (nSPS) is 10.2. The number of methoxy groups -OCH3 is 2. The topological polar surface area (TPSA) is 90.9 Å². The first-order valence-corrected chi connectivity index (χ1v) is 9.82. The molecule has 0 spiro atoms. The summed E-state index contributed by atoms with van der Waals surface area (Å²) in [5.41, 5.74) is 2.15. The van der Waals surface area contributed by atoms with Crippen LogP contribution in [-0.2, 0) is 9.53 Å². The van der Waals surface area contributed by atoms with Gasteiger partial charge in [-0.1, -0.05) is 48.0 Å². The summed E-state index contributed by atoms with van der Waals surface area (Å²) in [6.07, 6.45) is 0. The maximum absolute atomic E-state index is 12.9. The fraction of sp³-hybridized carbons (Fsp3) is 0.160. The number of nitrogens with one attached hydrogen (secondary N) is 1. The largest absolute Gasteiger partial charge is 0.497 e. The van der Waals surface area contributed by atoms with Gasteiger partial charge in [-0.2, -0.15) is 0 Å². The summed E-state index contributed by atoms with van der Waals surface area (Å²) >= 11 is 0. The van der Waals surface area contributed by atoms with E-state index in [1.54, 1.807) is 48.5 Å². The summed E-state index contributed by atoms with van der Waals surface area (Å²) < 4.78 is 15.5. The second kappa shape index (κ2) is 10.3. The molecule has 0 aliphatic carbocycles. The second-order valence-electron chi connectivity index (χ2n) is 6.93. The first-order chi connectivity index (χ1) is 15.4. The Morgan fingerprint density at radius 1 is 0.844 bits per heavy atom. The van der Waals surface area contributed by atoms with E-state index < -0.39 is 18.5 Å². The Labute approximate surface area is 185 Å². The molecule has 7 nitrogen and oxygen atoms in total. The van der Waals surface area contributed by atoms with Crippen LogP contribution in [0, 0.1) is 6.92 Å². The van der Waals surface area contributed by atoms with Crippen molar-refractivity contribution in [2.24, 2.45) is 0 Å². The summed E-state index contributed by atoms with van der Waals surface area (Å²) in [7, 11) is 2.98. The number of benzene rings is 3. The van der Waals surface area contributed by atoms with Crippen LogP contribution >= 0.6 is 0 Å². The highest BCUT2D eigenvalue weighted by atomic mass is 16.5. The van der Waals surface area contributed by atoms with E-state index in [0.29, 0.717) is 22.7 Å². The standard InChI is InChI=1S/C25H23NO6/c1-16-8-10-17(11-9-16)24(28)19-6-4-5-7-20(19)25(29)32-15-23(27)26-21-14-18(30-2)12-13-22(21)31-3/h4-14H,15H2,1-3H3,(H,26,27). The number of esters is 1. The molecule has 0 atom stereocenters. The number of aryl methyl sites for hydroxylation is 1. The number of ketones is 1. The van der Waals surface area contributed by atoms with Gasteiger partial charge in [-0.05, 0) is 25.1 Å². The predicted octanol–water partition coefficient (Wildman–Crippen LogP) is 4.04. The third kappa shape index (κ3) is 5.31. The summed E-state index contributed by atoms with van der Waals surface area (Å²) in [5, 5.41) is 2.62. The Hall–Kier alpha value is -4.13. The highest BCUT2D eigenvalue weighted by Gasteiger charge is 2.20. The number of ether oxygens (including phenoxy) is 3. The molecule has 0 bridgehead atoms. The molecular formula is C25H23NO6. The zero-order valence-electron chi connectivity index (χ0n) is 18.0. The molecule has 0 aliphatic heterocycles. The molecule has 0 saturated carbocycles. The van der Waals surface area contributed by atoms with E-state index in [2.05, 4.69) is 5.32 Å². The Kier molecular flexibility index (Phi) is 7.23. The second-order valence-corrected chi connectivity index (χ2v) is 6.93. The van der Waals surface area contributed by atoms with Gasteiger partial charge in [0.1, 0.15) is 11.5 Å². The molecule has 32 heavy (non-hydrogen) atoms. The van der Waals surface area contributed by atoms with Crippen LogP contribution < -0.4 is 14.8 Å². The van der Waals surface area contributed by atoms with Gasteiger partial charge in [-0.3, -0.25) is 9.59 Å². The molecule has 3 aromatic carbocycles. The van der Waals surface area contributed by atoms with Crippen LogP contribution in [0.5, 0.6) is 11.5 Å². The fourth-order valence-electron chi connectivity index (χ4n) is 3.03. The van der Waals surface area contributed by atoms with Crippen LogP contribution in [0.4, 0.5) is 5.69 Å². The van der Waals surface area contributed by atoms with Gasteiger partial charge in [-0.25, -0.2) is 4.79 Å². The third-order valence-electron chi connectivity index (χ3n) is 4.72. The molecule has 0 radical (unpaired) electrons. The number of anilines is 1. The summed E-state index contributed by atoms with van der Waals surface area (Å²) in [4.78, 5) is 37.9. The molecule has 1 N–H and O–H groups in total. The van der Waals surface area contributed by atoms with Crippen LogP contribution in [0.1, 0.15) is 31.8 Å². The van der Waals surface area contributed by atoms with Crippen molar-refractivity contribution in [3.63, 3.8) is 0 Å². The lowest BCUT2D eigenvalue weighted by molar-refractivity contribution is -0.119. The minimum atomic E-state index is -0.770. The molecule has 7 heteroatoms. The summed E-state index contributed by atoms with van der Waals surface area (Å²) in [5.74, 6) is -0.676. The quantitative estimate of drug-likeness (QED) is 0.426. The van der Waals surface area contributed by atoms with E-state index >= 15 is 0 Å². The lowest BCUT2D eigenvalue weighted by Crippen LogP contribution is -2.22. The van der Waals surface area contributed by atoms with Crippen molar-refractivity contribution < 1.29 is 28.6 Å². The van der Waals surface area contributed by atoms with E-state index in [1.165, 1.54) is 20.3 Å². The van der Waals surface area contributed by atoms with Crippen molar-refractivity contribution in [3.8, 4) is 11.5 Å².